The fourth-order valence-electron chi connectivity index (χ4n) is 4.64. The van der Waals surface area contributed by atoms with E-state index in [4.69, 9.17) is 16.7 Å². The minimum atomic E-state index is -4.43. The second-order valence-electron chi connectivity index (χ2n) is 8.48. The molecule has 2 fully saturated rings. The third-order valence-corrected chi connectivity index (χ3v) is 6.62. The van der Waals surface area contributed by atoms with Crippen LogP contribution in [0.15, 0.2) is 30.5 Å². The van der Waals surface area contributed by atoms with E-state index in [0.29, 0.717) is 26.2 Å². The second-order valence-corrected chi connectivity index (χ2v) is 8.92. The number of carboxylic acids is 1. The molecule has 7 nitrogen and oxygen atoms in total. The molecule has 2 aliphatic rings. The van der Waals surface area contributed by atoms with Gasteiger partial charge in [-0.25, -0.2) is 9.59 Å². The van der Waals surface area contributed by atoms with E-state index >= 15 is 0 Å². The van der Waals surface area contributed by atoms with Crippen molar-refractivity contribution in [2.24, 2.45) is 5.41 Å². The molecule has 1 amide bonds. The van der Waals surface area contributed by atoms with E-state index in [1.54, 1.807) is 4.90 Å². The SMILES string of the molecule is O=C(O)c1ccn(C(=O)N2CCC3(CCN(Cc4cc(Cl)ccc4C(F)(F)F)C3)CC2)n1. The van der Waals surface area contributed by atoms with Gasteiger partial charge in [0.15, 0.2) is 5.69 Å². The van der Waals surface area contributed by atoms with Gasteiger partial charge in [0, 0.05) is 37.4 Å². The summed E-state index contributed by atoms with van der Waals surface area (Å²) in [7, 11) is 0. The van der Waals surface area contributed by atoms with Crippen molar-refractivity contribution >= 4 is 23.6 Å². The number of nitrogens with zero attached hydrogens (tertiary/aromatic N) is 4. The van der Waals surface area contributed by atoms with Gasteiger partial charge in [0.1, 0.15) is 0 Å². The van der Waals surface area contributed by atoms with Gasteiger partial charge in [-0.3, -0.25) is 4.90 Å². The summed E-state index contributed by atoms with van der Waals surface area (Å²) in [6.07, 6.45) is -0.803. The monoisotopic (exact) mass is 470 g/mol. The summed E-state index contributed by atoms with van der Waals surface area (Å²) < 4.78 is 41.1. The molecule has 11 heteroatoms. The number of hydrogen-bond acceptors (Lipinski definition) is 4. The third-order valence-electron chi connectivity index (χ3n) is 6.38. The summed E-state index contributed by atoms with van der Waals surface area (Å²) in [5, 5.41) is 13.0. The molecule has 0 bridgehead atoms. The minimum absolute atomic E-state index is 0.0515. The topological polar surface area (TPSA) is 78.7 Å². The summed E-state index contributed by atoms with van der Waals surface area (Å²) in [4.78, 5) is 27.2. The highest BCUT2D eigenvalue weighted by atomic mass is 35.5. The number of piperidine rings is 1. The first-order valence-corrected chi connectivity index (χ1v) is 10.6. The molecule has 1 N–H and O–H groups in total. The molecule has 2 saturated heterocycles. The molecule has 1 spiro atoms. The molecule has 4 rings (SSSR count). The van der Waals surface area contributed by atoms with E-state index < -0.39 is 17.7 Å². The molecule has 3 heterocycles. The third kappa shape index (κ3) is 4.61. The van der Waals surface area contributed by atoms with Gasteiger partial charge in [0.2, 0.25) is 0 Å². The minimum Gasteiger partial charge on any atom is -0.476 e. The number of carbonyl (C=O) groups excluding carboxylic acids is 1. The van der Waals surface area contributed by atoms with Gasteiger partial charge in [-0.05, 0) is 61.1 Å². The highest BCUT2D eigenvalue weighted by Gasteiger charge is 2.42. The van der Waals surface area contributed by atoms with Crippen LogP contribution in [0.4, 0.5) is 18.0 Å². The van der Waals surface area contributed by atoms with Crippen LogP contribution in [0.25, 0.3) is 0 Å². The summed E-state index contributed by atoms with van der Waals surface area (Å²) >= 11 is 5.95. The Labute approximate surface area is 187 Å². The molecule has 32 heavy (non-hydrogen) atoms. The molecule has 0 aliphatic carbocycles. The normalized spacial score (nSPS) is 18.9. The number of aromatic carboxylic acids is 1. The zero-order valence-corrected chi connectivity index (χ0v) is 17.9. The van der Waals surface area contributed by atoms with Crippen molar-refractivity contribution in [2.45, 2.75) is 32.0 Å². The van der Waals surface area contributed by atoms with Crippen molar-refractivity contribution in [1.29, 1.82) is 0 Å². The van der Waals surface area contributed by atoms with Crippen molar-refractivity contribution in [2.75, 3.05) is 26.2 Å². The fraction of sp³-hybridized carbons (Fsp3) is 0.476. The lowest BCUT2D eigenvalue weighted by atomic mass is 9.78. The average molecular weight is 471 g/mol. The Kier molecular flexibility index (Phi) is 5.93. The Hall–Kier alpha value is -2.59. The van der Waals surface area contributed by atoms with E-state index in [-0.39, 0.29) is 34.3 Å². The number of carbonyl (C=O) groups is 2. The number of halogens is 4. The number of benzene rings is 1. The average Bonchev–Trinajstić information content (AvgIpc) is 3.35. The van der Waals surface area contributed by atoms with Gasteiger partial charge in [0.25, 0.3) is 0 Å². The van der Waals surface area contributed by atoms with Crippen LogP contribution in [0.3, 0.4) is 0 Å². The number of carboxylic acid groups (broad SMARTS) is 1. The van der Waals surface area contributed by atoms with Crippen molar-refractivity contribution in [1.82, 2.24) is 19.6 Å². The molecular formula is C21H22ClF3N4O3. The van der Waals surface area contributed by atoms with Crippen LogP contribution in [0, 0.1) is 5.41 Å². The maximum atomic E-state index is 13.4. The predicted octanol–water partition coefficient (Wildman–Crippen LogP) is 4.21. The van der Waals surface area contributed by atoms with Crippen LogP contribution in [0.1, 0.15) is 40.9 Å². The Bertz CT molecular complexity index is 1030. The Morgan fingerprint density at radius 2 is 1.81 bits per heavy atom. The van der Waals surface area contributed by atoms with Gasteiger partial charge in [0.05, 0.1) is 5.56 Å². The first-order chi connectivity index (χ1) is 15.1. The molecule has 0 radical (unpaired) electrons. The maximum Gasteiger partial charge on any atom is 0.416 e. The highest BCUT2D eigenvalue weighted by molar-refractivity contribution is 6.30. The largest absolute Gasteiger partial charge is 0.476 e. The van der Waals surface area contributed by atoms with E-state index in [2.05, 4.69) is 5.10 Å². The van der Waals surface area contributed by atoms with Gasteiger partial charge in [-0.1, -0.05) is 11.6 Å². The van der Waals surface area contributed by atoms with Crippen LogP contribution >= 0.6 is 11.6 Å². The molecular weight excluding hydrogens is 449 g/mol. The number of amides is 1. The standard InChI is InChI=1S/C21H22ClF3N4O3/c22-15-1-2-16(21(23,24)25)14(11-15)12-27-8-4-20(13-27)5-9-28(10-6-20)19(32)29-7-3-17(26-29)18(30)31/h1-3,7,11H,4-6,8-10,12-13H2,(H,30,31). The zero-order chi connectivity index (χ0) is 23.1. The fourth-order valence-corrected chi connectivity index (χ4v) is 4.84. The molecule has 2 aromatic rings. The molecule has 172 valence electrons. The van der Waals surface area contributed by atoms with E-state index in [1.165, 1.54) is 24.4 Å². The first kappa shape index (κ1) is 22.6. The Morgan fingerprint density at radius 1 is 1.12 bits per heavy atom. The zero-order valence-electron chi connectivity index (χ0n) is 17.1. The van der Waals surface area contributed by atoms with Crippen LogP contribution in [-0.4, -0.2) is 62.9 Å². The molecule has 0 atom stereocenters. The molecule has 2 aliphatic heterocycles. The lowest BCUT2D eigenvalue weighted by Crippen LogP contribution is -2.45. The van der Waals surface area contributed by atoms with Crippen molar-refractivity contribution < 1.29 is 27.9 Å². The van der Waals surface area contributed by atoms with Gasteiger partial charge < -0.3 is 10.0 Å². The number of aromatic nitrogens is 2. The van der Waals surface area contributed by atoms with Gasteiger partial charge in [-0.15, -0.1) is 0 Å². The molecule has 1 aromatic heterocycles. The summed E-state index contributed by atoms with van der Waals surface area (Å²) in [6.45, 7) is 2.48. The van der Waals surface area contributed by atoms with Crippen LogP contribution < -0.4 is 0 Å². The van der Waals surface area contributed by atoms with E-state index in [9.17, 15) is 22.8 Å². The van der Waals surface area contributed by atoms with Crippen molar-refractivity contribution in [3.05, 3.63) is 52.3 Å². The maximum absolute atomic E-state index is 13.4. The van der Waals surface area contributed by atoms with Crippen molar-refractivity contribution in [3.8, 4) is 0 Å². The quantitative estimate of drug-likeness (QED) is 0.727. The van der Waals surface area contributed by atoms with E-state index in [1.807, 2.05) is 4.90 Å². The van der Waals surface area contributed by atoms with Crippen LogP contribution in [-0.2, 0) is 12.7 Å². The van der Waals surface area contributed by atoms with Crippen molar-refractivity contribution in [3.63, 3.8) is 0 Å². The Balaban J connectivity index is 1.38. The number of alkyl halides is 3. The van der Waals surface area contributed by atoms with E-state index in [0.717, 1.165) is 30.0 Å². The second kappa shape index (κ2) is 8.40. The lowest BCUT2D eigenvalue weighted by Gasteiger charge is -2.39. The molecule has 1 aromatic carbocycles. The number of hydrogen-bond donors (Lipinski definition) is 1. The highest BCUT2D eigenvalue weighted by Crippen LogP contribution is 2.42. The van der Waals surface area contributed by atoms with Crippen LogP contribution in [0.5, 0.6) is 0 Å². The predicted molar refractivity (Wildman–Crippen MR) is 110 cm³/mol. The lowest BCUT2D eigenvalue weighted by molar-refractivity contribution is -0.138. The van der Waals surface area contributed by atoms with Gasteiger partial charge >= 0.3 is 18.2 Å². The first-order valence-electron chi connectivity index (χ1n) is 10.2. The summed E-state index contributed by atoms with van der Waals surface area (Å²) in [6, 6.07) is 4.55. The molecule has 0 saturated carbocycles. The summed E-state index contributed by atoms with van der Waals surface area (Å²) in [5.74, 6) is -1.20. The smallest absolute Gasteiger partial charge is 0.416 e. The number of likely N-dealkylation sites (tertiary alicyclic amines) is 2. The number of rotatable bonds is 3. The molecule has 0 unspecified atom stereocenters. The summed E-state index contributed by atoms with van der Waals surface area (Å²) in [5.41, 5.74) is -0.743. The van der Waals surface area contributed by atoms with Gasteiger partial charge in [-0.2, -0.15) is 23.0 Å². The Morgan fingerprint density at radius 3 is 2.44 bits per heavy atom. The van der Waals surface area contributed by atoms with Crippen LogP contribution in [0.2, 0.25) is 5.02 Å².